The quantitative estimate of drug-likeness (QED) is 0.475. The molecular weight excluding hydrogens is 368 g/mol. The highest BCUT2D eigenvalue weighted by Gasteiger charge is 2.17. The third-order valence-corrected chi connectivity index (χ3v) is 4.87. The van der Waals surface area contributed by atoms with Gasteiger partial charge in [-0.2, -0.15) is 5.10 Å². The van der Waals surface area contributed by atoms with E-state index in [1.165, 1.54) is 4.57 Å². The number of pyridine rings is 2. The molecule has 0 aliphatic rings. The van der Waals surface area contributed by atoms with E-state index in [9.17, 15) is 4.79 Å². The third-order valence-electron chi connectivity index (χ3n) is 4.87. The molecule has 0 aliphatic carbocycles. The van der Waals surface area contributed by atoms with Gasteiger partial charge in [-0.15, -0.1) is 10.2 Å². The van der Waals surface area contributed by atoms with Gasteiger partial charge in [-0.1, -0.05) is 12.1 Å². The summed E-state index contributed by atoms with van der Waals surface area (Å²) in [6, 6.07) is 13.0. The van der Waals surface area contributed by atoms with Crippen LogP contribution in [0.1, 0.15) is 5.69 Å². The van der Waals surface area contributed by atoms with Crippen LogP contribution in [0.25, 0.3) is 33.5 Å². The summed E-state index contributed by atoms with van der Waals surface area (Å²) < 4.78 is 8.43. The molecule has 0 saturated heterocycles. The molecular formula is C21H16N6O2. The van der Waals surface area contributed by atoms with Crippen molar-refractivity contribution in [2.24, 2.45) is 0 Å². The maximum Gasteiger partial charge on any atom is 0.285 e. The van der Waals surface area contributed by atoms with Gasteiger partial charge >= 0.3 is 0 Å². The Morgan fingerprint density at radius 3 is 2.45 bits per heavy atom. The van der Waals surface area contributed by atoms with E-state index < -0.39 is 0 Å². The lowest BCUT2D eigenvalue weighted by Gasteiger charge is -2.07. The summed E-state index contributed by atoms with van der Waals surface area (Å²) >= 11 is 0. The molecule has 5 aromatic rings. The van der Waals surface area contributed by atoms with Crippen LogP contribution in [-0.4, -0.2) is 36.5 Å². The zero-order valence-electron chi connectivity index (χ0n) is 15.8. The normalized spacial score (nSPS) is 11.2. The lowest BCUT2D eigenvalue weighted by molar-refractivity contribution is 0.415. The maximum absolute atomic E-state index is 13.0. The standard InChI is InChI=1S/C21H16N6O2/c1-13-18(14-3-5-16(29-2)6-4-14)20-24-23-19-17(27(20)25-13)9-12-26(21(19)28)15-7-10-22-11-8-15/h3-12H,1-2H3. The largest absolute Gasteiger partial charge is 0.497 e. The number of ether oxygens (including phenoxy) is 1. The Morgan fingerprint density at radius 2 is 1.72 bits per heavy atom. The maximum atomic E-state index is 13.0. The van der Waals surface area contributed by atoms with Crippen molar-refractivity contribution in [1.82, 2.24) is 29.4 Å². The van der Waals surface area contributed by atoms with E-state index in [4.69, 9.17) is 4.74 Å². The molecule has 1 aromatic carbocycles. The number of rotatable bonds is 3. The van der Waals surface area contributed by atoms with Crippen molar-refractivity contribution in [2.75, 3.05) is 7.11 Å². The molecule has 29 heavy (non-hydrogen) atoms. The number of benzene rings is 1. The molecule has 5 rings (SSSR count). The first-order valence-electron chi connectivity index (χ1n) is 8.99. The zero-order valence-corrected chi connectivity index (χ0v) is 15.8. The van der Waals surface area contributed by atoms with Crippen molar-refractivity contribution in [3.63, 3.8) is 0 Å². The van der Waals surface area contributed by atoms with Gasteiger partial charge in [-0.3, -0.25) is 14.3 Å². The predicted molar refractivity (Wildman–Crippen MR) is 108 cm³/mol. The van der Waals surface area contributed by atoms with E-state index in [0.29, 0.717) is 16.9 Å². The molecule has 0 N–H and O–H groups in total. The summed E-state index contributed by atoms with van der Waals surface area (Å²) in [7, 11) is 1.63. The number of aryl methyl sites for hydroxylation is 1. The Balaban J connectivity index is 1.74. The number of hydrogen-bond donors (Lipinski definition) is 0. The predicted octanol–water partition coefficient (Wildman–Crippen LogP) is 2.81. The molecule has 4 heterocycles. The number of hydrogen-bond acceptors (Lipinski definition) is 6. The molecule has 142 valence electrons. The van der Waals surface area contributed by atoms with Crippen LogP contribution in [0.3, 0.4) is 0 Å². The van der Waals surface area contributed by atoms with Crippen LogP contribution in [0.5, 0.6) is 5.75 Å². The van der Waals surface area contributed by atoms with Gasteiger partial charge in [0.05, 0.1) is 24.1 Å². The molecule has 0 spiro atoms. The first-order valence-corrected chi connectivity index (χ1v) is 8.99. The van der Waals surface area contributed by atoms with Gasteiger partial charge < -0.3 is 4.74 Å². The Morgan fingerprint density at radius 1 is 0.966 bits per heavy atom. The molecule has 4 aromatic heterocycles. The highest BCUT2D eigenvalue weighted by Crippen LogP contribution is 2.29. The SMILES string of the molecule is COc1ccc(-c2c(C)nn3c2nnc2c(=O)n(-c4ccncc4)ccc23)cc1. The summed E-state index contributed by atoms with van der Waals surface area (Å²) in [6.07, 6.45) is 4.99. The van der Waals surface area contributed by atoms with Gasteiger partial charge in [0, 0.05) is 18.6 Å². The summed E-state index contributed by atoms with van der Waals surface area (Å²) in [5.74, 6) is 0.774. The van der Waals surface area contributed by atoms with Crippen LogP contribution < -0.4 is 10.3 Å². The monoisotopic (exact) mass is 384 g/mol. The third kappa shape index (κ3) is 2.65. The average molecular weight is 384 g/mol. The van der Waals surface area contributed by atoms with E-state index in [2.05, 4.69) is 20.3 Å². The fraction of sp³-hybridized carbons (Fsp3) is 0.0952. The van der Waals surface area contributed by atoms with Crippen molar-refractivity contribution >= 4 is 16.7 Å². The minimum atomic E-state index is -0.262. The second kappa shape index (κ2) is 6.52. The topological polar surface area (TPSA) is 87.2 Å². The second-order valence-electron chi connectivity index (χ2n) is 6.55. The first-order chi connectivity index (χ1) is 14.2. The van der Waals surface area contributed by atoms with Crippen LogP contribution in [0.15, 0.2) is 65.8 Å². The number of fused-ring (bicyclic) bond motifs is 3. The van der Waals surface area contributed by atoms with Crippen molar-refractivity contribution in [3.8, 4) is 22.6 Å². The Kier molecular flexibility index (Phi) is 3.83. The second-order valence-corrected chi connectivity index (χ2v) is 6.55. The highest BCUT2D eigenvalue weighted by molar-refractivity contribution is 5.84. The molecule has 8 heteroatoms. The molecule has 0 unspecified atom stereocenters. The van der Waals surface area contributed by atoms with Crippen molar-refractivity contribution in [3.05, 3.63) is 77.1 Å². The molecule has 0 aliphatic heterocycles. The average Bonchev–Trinajstić information content (AvgIpc) is 3.11. The fourth-order valence-corrected chi connectivity index (χ4v) is 3.46. The van der Waals surface area contributed by atoms with E-state index >= 15 is 0 Å². The summed E-state index contributed by atoms with van der Waals surface area (Å²) in [5, 5.41) is 13.2. The minimum absolute atomic E-state index is 0.251. The van der Waals surface area contributed by atoms with Crippen molar-refractivity contribution < 1.29 is 4.74 Å². The van der Waals surface area contributed by atoms with Crippen molar-refractivity contribution in [2.45, 2.75) is 6.92 Å². The Hall–Kier alpha value is -4.07. The molecule has 8 nitrogen and oxygen atoms in total. The Labute approximate surface area is 165 Å². The van der Waals surface area contributed by atoms with Crippen LogP contribution in [0.2, 0.25) is 0 Å². The van der Waals surface area contributed by atoms with Crippen LogP contribution >= 0.6 is 0 Å². The van der Waals surface area contributed by atoms with Crippen molar-refractivity contribution in [1.29, 1.82) is 0 Å². The number of nitrogens with zero attached hydrogens (tertiary/aromatic N) is 6. The summed E-state index contributed by atoms with van der Waals surface area (Å²) in [5.41, 5.74) is 4.54. The molecule has 0 fully saturated rings. The van der Waals surface area contributed by atoms with Crippen LogP contribution in [-0.2, 0) is 0 Å². The van der Waals surface area contributed by atoms with Gasteiger partial charge in [0.15, 0.2) is 11.2 Å². The molecule has 0 radical (unpaired) electrons. The summed E-state index contributed by atoms with van der Waals surface area (Å²) in [4.78, 5) is 17.0. The molecule has 0 amide bonds. The zero-order chi connectivity index (χ0) is 20.0. The van der Waals surface area contributed by atoms with Gasteiger partial charge in [0.1, 0.15) is 11.3 Å². The first kappa shape index (κ1) is 17.1. The number of aromatic nitrogens is 6. The molecule has 0 atom stereocenters. The lowest BCUT2D eigenvalue weighted by Crippen LogP contribution is -2.20. The van der Waals surface area contributed by atoms with Gasteiger partial charge in [0.25, 0.3) is 5.56 Å². The minimum Gasteiger partial charge on any atom is -0.497 e. The Bertz CT molecular complexity index is 1410. The fourth-order valence-electron chi connectivity index (χ4n) is 3.46. The van der Waals surface area contributed by atoms with Gasteiger partial charge in [-0.05, 0) is 42.8 Å². The smallest absolute Gasteiger partial charge is 0.285 e. The van der Waals surface area contributed by atoms with E-state index in [1.807, 2.05) is 37.3 Å². The summed E-state index contributed by atoms with van der Waals surface area (Å²) in [6.45, 7) is 1.91. The number of methoxy groups -OCH3 is 1. The van der Waals surface area contributed by atoms with Crippen LogP contribution in [0.4, 0.5) is 0 Å². The highest BCUT2D eigenvalue weighted by atomic mass is 16.5. The van der Waals surface area contributed by atoms with E-state index in [0.717, 1.165) is 22.6 Å². The lowest BCUT2D eigenvalue weighted by atomic mass is 10.1. The molecule has 0 saturated carbocycles. The molecule has 0 bridgehead atoms. The van der Waals surface area contributed by atoms with Crippen LogP contribution in [0, 0.1) is 6.92 Å². The van der Waals surface area contributed by atoms with E-state index in [-0.39, 0.29) is 11.1 Å². The van der Waals surface area contributed by atoms with E-state index in [1.54, 1.807) is 42.3 Å². The van der Waals surface area contributed by atoms with Gasteiger partial charge in [-0.25, -0.2) is 4.52 Å². The van der Waals surface area contributed by atoms with Gasteiger partial charge in [0.2, 0.25) is 0 Å².